The van der Waals surface area contributed by atoms with Crippen molar-refractivity contribution in [1.82, 2.24) is 10.3 Å². The zero-order valence-corrected chi connectivity index (χ0v) is 8.55. The Morgan fingerprint density at radius 3 is 3.00 bits per heavy atom. The summed E-state index contributed by atoms with van der Waals surface area (Å²) >= 11 is 0. The van der Waals surface area contributed by atoms with Crippen LogP contribution in [0.15, 0.2) is 18.3 Å². The van der Waals surface area contributed by atoms with Gasteiger partial charge >= 0.3 is 0 Å². The average molecular weight is 194 g/mol. The van der Waals surface area contributed by atoms with E-state index in [0.29, 0.717) is 0 Å². The molecular weight excluding hydrogens is 179 g/mol. The molecule has 0 saturated carbocycles. The van der Waals surface area contributed by atoms with Crippen molar-refractivity contribution in [3.63, 3.8) is 0 Å². The molecule has 0 unspecified atom stereocenters. The molecule has 0 aromatic carbocycles. The van der Waals surface area contributed by atoms with Gasteiger partial charge < -0.3 is 5.32 Å². The Morgan fingerprint density at radius 1 is 1.57 bits per heavy atom. The van der Waals surface area contributed by atoms with E-state index in [-0.39, 0.29) is 5.82 Å². The molecule has 2 nitrogen and oxygen atoms in total. The van der Waals surface area contributed by atoms with Crippen molar-refractivity contribution in [2.75, 3.05) is 13.6 Å². The van der Waals surface area contributed by atoms with Gasteiger partial charge in [0.2, 0.25) is 0 Å². The molecule has 0 spiro atoms. The Bertz CT molecular complexity index is 321. The second kappa shape index (κ2) is 5.50. The molecule has 1 aromatic rings. The van der Waals surface area contributed by atoms with Crippen LogP contribution in [0, 0.1) is 12.7 Å². The highest BCUT2D eigenvalue weighted by molar-refractivity contribution is 5.48. The molecule has 76 valence electrons. The SMILES string of the molecule is CNCCC=Cc1ncc(F)cc1C. The van der Waals surface area contributed by atoms with Gasteiger partial charge in [-0.1, -0.05) is 6.08 Å². The van der Waals surface area contributed by atoms with Crippen molar-refractivity contribution in [3.8, 4) is 0 Å². The molecule has 0 aliphatic rings. The van der Waals surface area contributed by atoms with Crippen LogP contribution in [0.25, 0.3) is 6.08 Å². The van der Waals surface area contributed by atoms with Crippen molar-refractivity contribution in [2.45, 2.75) is 13.3 Å². The third kappa shape index (κ3) is 3.26. The lowest BCUT2D eigenvalue weighted by Gasteiger charge is -1.98. The van der Waals surface area contributed by atoms with Crippen LogP contribution in [0.3, 0.4) is 0 Å². The monoisotopic (exact) mass is 194 g/mol. The van der Waals surface area contributed by atoms with Gasteiger partial charge in [0.05, 0.1) is 11.9 Å². The quantitative estimate of drug-likeness (QED) is 0.743. The molecule has 0 aliphatic carbocycles. The molecule has 0 radical (unpaired) electrons. The van der Waals surface area contributed by atoms with E-state index >= 15 is 0 Å². The van der Waals surface area contributed by atoms with E-state index in [9.17, 15) is 4.39 Å². The second-order valence-corrected chi connectivity index (χ2v) is 3.15. The van der Waals surface area contributed by atoms with Gasteiger partial charge in [0.1, 0.15) is 5.82 Å². The van der Waals surface area contributed by atoms with Crippen LogP contribution < -0.4 is 5.32 Å². The molecule has 14 heavy (non-hydrogen) atoms. The number of halogens is 1. The normalized spacial score (nSPS) is 11.1. The molecule has 0 saturated heterocycles. The minimum absolute atomic E-state index is 0.283. The first-order valence-corrected chi connectivity index (χ1v) is 4.67. The summed E-state index contributed by atoms with van der Waals surface area (Å²) in [6.45, 7) is 2.80. The van der Waals surface area contributed by atoms with Crippen molar-refractivity contribution in [2.24, 2.45) is 0 Å². The van der Waals surface area contributed by atoms with Crippen molar-refractivity contribution in [1.29, 1.82) is 0 Å². The van der Waals surface area contributed by atoms with E-state index < -0.39 is 0 Å². The predicted molar refractivity (Wildman–Crippen MR) is 56.5 cm³/mol. The van der Waals surface area contributed by atoms with Crippen LogP contribution in [-0.4, -0.2) is 18.6 Å². The zero-order chi connectivity index (χ0) is 10.4. The first-order chi connectivity index (χ1) is 6.74. The van der Waals surface area contributed by atoms with E-state index in [1.54, 1.807) is 0 Å². The lowest BCUT2D eigenvalue weighted by atomic mass is 10.2. The fourth-order valence-corrected chi connectivity index (χ4v) is 1.15. The van der Waals surface area contributed by atoms with Crippen LogP contribution in [-0.2, 0) is 0 Å². The van der Waals surface area contributed by atoms with E-state index in [1.807, 2.05) is 26.1 Å². The molecule has 0 atom stereocenters. The summed E-state index contributed by atoms with van der Waals surface area (Å²) in [6, 6.07) is 1.49. The molecule has 3 heteroatoms. The molecular formula is C11H15FN2. The number of rotatable bonds is 4. The van der Waals surface area contributed by atoms with Crippen LogP contribution in [0.2, 0.25) is 0 Å². The maximum Gasteiger partial charge on any atom is 0.141 e. The van der Waals surface area contributed by atoms with E-state index in [4.69, 9.17) is 0 Å². The fourth-order valence-electron chi connectivity index (χ4n) is 1.15. The zero-order valence-electron chi connectivity index (χ0n) is 8.55. The maximum atomic E-state index is 12.7. The molecule has 1 N–H and O–H groups in total. The third-order valence-corrected chi connectivity index (χ3v) is 1.92. The predicted octanol–water partition coefficient (Wildman–Crippen LogP) is 2.15. The molecule has 0 bridgehead atoms. The number of hydrogen-bond donors (Lipinski definition) is 1. The molecule has 0 aliphatic heterocycles. The molecule has 1 heterocycles. The summed E-state index contributed by atoms with van der Waals surface area (Å²) in [5.41, 5.74) is 1.70. The van der Waals surface area contributed by atoms with Gasteiger partial charge in [0.15, 0.2) is 0 Å². The fraction of sp³-hybridized carbons (Fsp3) is 0.364. The maximum absolute atomic E-state index is 12.7. The van der Waals surface area contributed by atoms with Gasteiger partial charge in [-0.15, -0.1) is 0 Å². The number of nitrogens with zero attached hydrogens (tertiary/aromatic N) is 1. The minimum atomic E-state index is -0.283. The lowest BCUT2D eigenvalue weighted by Crippen LogP contribution is -2.05. The van der Waals surface area contributed by atoms with Gasteiger partial charge in [0, 0.05) is 0 Å². The summed E-state index contributed by atoms with van der Waals surface area (Å²) in [6.07, 6.45) is 6.15. The third-order valence-electron chi connectivity index (χ3n) is 1.92. The summed E-state index contributed by atoms with van der Waals surface area (Å²) in [5.74, 6) is -0.283. The van der Waals surface area contributed by atoms with Crippen molar-refractivity contribution < 1.29 is 4.39 Å². The number of aromatic nitrogens is 1. The van der Waals surface area contributed by atoms with E-state index in [1.165, 1.54) is 12.3 Å². The summed E-state index contributed by atoms with van der Waals surface area (Å²) in [5, 5.41) is 3.05. The average Bonchev–Trinajstić information content (AvgIpc) is 2.15. The largest absolute Gasteiger partial charge is 0.319 e. The Morgan fingerprint density at radius 2 is 2.36 bits per heavy atom. The van der Waals surface area contributed by atoms with Gasteiger partial charge in [-0.05, 0) is 44.6 Å². The van der Waals surface area contributed by atoms with Gasteiger partial charge in [-0.3, -0.25) is 4.98 Å². The van der Waals surface area contributed by atoms with Crippen molar-refractivity contribution >= 4 is 6.08 Å². The number of aryl methyl sites for hydroxylation is 1. The van der Waals surface area contributed by atoms with Crippen molar-refractivity contribution in [3.05, 3.63) is 35.4 Å². The lowest BCUT2D eigenvalue weighted by molar-refractivity contribution is 0.619. The molecule has 0 amide bonds. The number of hydrogen-bond acceptors (Lipinski definition) is 2. The summed E-state index contributed by atoms with van der Waals surface area (Å²) in [7, 11) is 1.91. The Kier molecular flexibility index (Phi) is 4.26. The highest BCUT2D eigenvalue weighted by Gasteiger charge is 1.96. The smallest absolute Gasteiger partial charge is 0.141 e. The first-order valence-electron chi connectivity index (χ1n) is 4.67. The van der Waals surface area contributed by atoms with Crippen LogP contribution in [0.5, 0.6) is 0 Å². The van der Waals surface area contributed by atoms with Crippen LogP contribution in [0.1, 0.15) is 17.7 Å². The summed E-state index contributed by atoms with van der Waals surface area (Å²) in [4.78, 5) is 3.99. The van der Waals surface area contributed by atoms with E-state index in [0.717, 1.165) is 24.2 Å². The first kappa shape index (κ1) is 10.9. The van der Waals surface area contributed by atoms with E-state index in [2.05, 4.69) is 10.3 Å². The molecule has 0 fully saturated rings. The molecule has 1 aromatic heterocycles. The van der Waals surface area contributed by atoms with Gasteiger partial charge in [-0.25, -0.2) is 4.39 Å². The van der Waals surface area contributed by atoms with Gasteiger partial charge in [-0.2, -0.15) is 0 Å². The Balaban J connectivity index is 2.62. The minimum Gasteiger partial charge on any atom is -0.319 e. The van der Waals surface area contributed by atoms with Gasteiger partial charge in [0.25, 0.3) is 0 Å². The number of nitrogens with one attached hydrogen (secondary N) is 1. The Labute approximate surface area is 83.9 Å². The van der Waals surface area contributed by atoms with Crippen LogP contribution >= 0.6 is 0 Å². The highest BCUT2D eigenvalue weighted by Crippen LogP contribution is 2.08. The second-order valence-electron chi connectivity index (χ2n) is 3.15. The highest BCUT2D eigenvalue weighted by atomic mass is 19.1. The summed E-state index contributed by atoms with van der Waals surface area (Å²) < 4.78 is 12.7. The van der Waals surface area contributed by atoms with Crippen LogP contribution in [0.4, 0.5) is 4.39 Å². The Hall–Kier alpha value is -1.22. The number of pyridine rings is 1. The standard InChI is InChI=1S/C11H15FN2/c1-9-7-10(12)8-14-11(9)5-3-4-6-13-2/h3,5,7-8,13H,4,6H2,1-2H3. The topological polar surface area (TPSA) is 24.9 Å². The molecule has 1 rings (SSSR count).